The molecule has 0 aliphatic rings. The van der Waals surface area contributed by atoms with Crippen LogP contribution in [0, 0.1) is 23.7 Å². The van der Waals surface area contributed by atoms with E-state index in [0.717, 1.165) is 51.4 Å². The van der Waals surface area contributed by atoms with Gasteiger partial charge < -0.3 is 20.4 Å². The van der Waals surface area contributed by atoms with E-state index < -0.39 is 23.4 Å². The van der Waals surface area contributed by atoms with Crippen molar-refractivity contribution in [2.75, 3.05) is 0 Å². The van der Waals surface area contributed by atoms with Gasteiger partial charge in [-0.25, -0.2) is 0 Å². The molecule has 0 rings (SSSR count). The molecular formula is C28H52O4. The average molecular weight is 453 g/mol. The summed E-state index contributed by atoms with van der Waals surface area (Å²) in [6.07, 6.45) is 12.6. The van der Waals surface area contributed by atoms with Crippen LogP contribution in [0.3, 0.4) is 0 Å². The Labute approximate surface area is 199 Å². The van der Waals surface area contributed by atoms with E-state index in [2.05, 4.69) is 37.5 Å². The van der Waals surface area contributed by atoms with Crippen LogP contribution < -0.4 is 0 Å². The maximum absolute atomic E-state index is 9.76. The molecule has 32 heavy (non-hydrogen) atoms. The fourth-order valence-electron chi connectivity index (χ4n) is 3.23. The van der Waals surface area contributed by atoms with Crippen molar-refractivity contribution in [2.24, 2.45) is 0 Å². The van der Waals surface area contributed by atoms with Crippen LogP contribution in [-0.2, 0) is 0 Å². The summed E-state index contributed by atoms with van der Waals surface area (Å²) in [5, 5.41) is 38.8. The fraction of sp³-hybridized carbons (Fsp3) is 0.857. The molecule has 4 N–H and O–H groups in total. The van der Waals surface area contributed by atoms with Crippen LogP contribution in [0.1, 0.15) is 131 Å². The minimum atomic E-state index is -0.966. The maximum atomic E-state index is 9.76. The third kappa shape index (κ3) is 23.6. The molecule has 0 spiro atoms. The van der Waals surface area contributed by atoms with Crippen LogP contribution in [0.2, 0.25) is 0 Å². The van der Waals surface area contributed by atoms with Gasteiger partial charge in [0.2, 0.25) is 0 Å². The van der Waals surface area contributed by atoms with E-state index in [-0.39, 0.29) is 0 Å². The second-order valence-corrected chi connectivity index (χ2v) is 9.32. The third-order valence-corrected chi connectivity index (χ3v) is 5.15. The number of unbranched alkanes of at least 4 members (excludes halogenated alkanes) is 6. The van der Waals surface area contributed by atoms with Gasteiger partial charge in [0.05, 0.1) is 0 Å². The van der Waals surface area contributed by atoms with Crippen LogP contribution in [0.4, 0.5) is 0 Å². The molecule has 0 heterocycles. The highest BCUT2D eigenvalue weighted by molar-refractivity contribution is 5.19. The van der Waals surface area contributed by atoms with Crippen molar-refractivity contribution in [1.29, 1.82) is 0 Å². The lowest BCUT2D eigenvalue weighted by Gasteiger charge is -2.18. The molecule has 0 bridgehead atoms. The van der Waals surface area contributed by atoms with Crippen molar-refractivity contribution in [1.82, 2.24) is 0 Å². The minimum absolute atomic E-state index is 0.563. The first-order chi connectivity index (χ1) is 15.0. The first-order valence-corrected chi connectivity index (χ1v) is 12.9. The van der Waals surface area contributed by atoms with Gasteiger partial charge in [0.25, 0.3) is 0 Å². The third-order valence-electron chi connectivity index (χ3n) is 5.15. The van der Waals surface area contributed by atoms with Gasteiger partial charge in [-0.15, -0.1) is 0 Å². The smallest absolute Gasteiger partial charge is 0.122 e. The van der Waals surface area contributed by atoms with Gasteiger partial charge >= 0.3 is 0 Å². The Kier molecular flexibility index (Phi) is 21.3. The Hall–Kier alpha value is -1.04. The molecule has 188 valence electrons. The normalized spacial score (nSPS) is 16.1. The maximum Gasteiger partial charge on any atom is 0.122 e. The van der Waals surface area contributed by atoms with Crippen molar-refractivity contribution in [2.45, 2.75) is 155 Å². The standard InChI is InChI=1S/C16H30O2.C12H22O2/c1-3-5-7-9-11-15(17)13-14-16(18)12-10-8-6-4-2;1-5-7-11(3,13)9-10-12(4,14)8-6-2/h15-18H,3-12H2,1-2H3;13-14H,5-8H2,1-4H3. The predicted octanol–water partition coefficient (Wildman–Crippen LogP) is 5.74. The van der Waals surface area contributed by atoms with Gasteiger partial charge in [-0.05, 0) is 52.4 Å². The van der Waals surface area contributed by atoms with Crippen molar-refractivity contribution < 1.29 is 20.4 Å². The van der Waals surface area contributed by atoms with Gasteiger partial charge in [0.1, 0.15) is 23.4 Å². The Morgan fingerprint density at radius 1 is 0.562 bits per heavy atom. The lowest BCUT2D eigenvalue weighted by atomic mass is 9.97. The minimum Gasteiger partial charge on any atom is -0.380 e. The summed E-state index contributed by atoms with van der Waals surface area (Å²) in [5.74, 6) is 11.0. The molecule has 0 amide bonds. The molecule has 0 radical (unpaired) electrons. The summed E-state index contributed by atoms with van der Waals surface area (Å²) >= 11 is 0. The molecule has 4 unspecified atom stereocenters. The highest BCUT2D eigenvalue weighted by atomic mass is 16.3. The second kappa shape index (κ2) is 20.6. The van der Waals surface area contributed by atoms with E-state index in [1.807, 2.05) is 13.8 Å². The number of rotatable bonds is 14. The quantitative estimate of drug-likeness (QED) is 0.200. The lowest BCUT2D eigenvalue weighted by Crippen LogP contribution is -2.25. The first kappa shape index (κ1) is 33.1. The van der Waals surface area contributed by atoms with Crippen molar-refractivity contribution in [3.05, 3.63) is 0 Å². The molecule has 0 fully saturated rings. The zero-order valence-electron chi connectivity index (χ0n) is 21.8. The summed E-state index contributed by atoms with van der Waals surface area (Å²) in [5.41, 5.74) is -1.93. The molecule has 0 aliphatic heterocycles. The molecular weight excluding hydrogens is 400 g/mol. The van der Waals surface area contributed by atoms with Crippen molar-refractivity contribution >= 4 is 0 Å². The van der Waals surface area contributed by atoms with Crippen LogP contribution in [0.15, 0.2) is 0 Å². The fourth-order valence-corrected chi connectivity index (χ4v) is 3.23. The Morgan fingerprint density at radius 2 is 0.906 bits per heavy atom. The zero-order valence-corrected chi connectivity index (χ0v) is 21.8. The van der Waals surface area contributed by atoms with Gasteiger partial charge in [-0.2, -0.15) is 0 Å². The summed E-state index contributed by atoms with van der Waals surface area (Å²) in [6.45, 7) is 11.7. The van der Waals surface area contributed by atoms with E-state index in [1.54, 1.807) is 13.8 Å². The van der Waals surface area contributed by atoms with Crippen LogP contribution in [0.5, 0.6) is 0 Å². The largest absolute Gasteiger partial charge is 0.380 e. The number of hydrogen-bond acceptors (Lipinski definition) is 4. The van der Waals surface area contributed by atoms with E-state index in [9.17, 15) is 20.4 Å². The Morgan fingerprint density at radius 3 is 1.19 bits per heavy atom. The monoisotopic (exact) mass is 452 g/mol. The van der Waals surface area contributed by atoms with Crippen LogP contribution >= 0.6 is 0 Å². The van der Waals surface area contributed by atoms with E-state index in [0.29, 0.717) is 12.8 Å². The molecule has 0 aromatic heterocycles. The summed E-state index contributed by atoms with van der Waals surface area (Å²) in [7, 11) is 0. The highest BCUT2D eigenvalue weighted by Gasteiger charge is 2.19. The van der Waals surface area contributed by atoms with E-state index in [1.165, 1.54) is 25.7 Å². The predicted molar refractivity (Wildman–Crippen MR) is 136 cm³/mol. The van der Waals surface area contributed by atoms with Crippen molar-refractivity contribution in [3.63, 3.8) is 0 Å². The van der Waals surface area contributed by atoms with E-state index in [4.69, 9.17) is 0 Å². The van der Waals surface area contributed by atoms with Crippen molar-refractivity contribution in [3.8, 4) is 23.7 Å². The molecule has 0 aromatic carbocycles. The van der Waals surface area contributed by atoms with Gasteiger partial charge in [0.15, 0.2) is 0 Å². The van der Waals surface area contributed by atoms with E-state index >= 15 is 0 Å². The molecule has 4 nitrogen and oxygen atoms in total. The SMILES string of the molecule is CCCC(C)(O)C#CC(C)(O)CCC.CCCCCCC(O)C#CC(O)CCCCCC. The molecule has 0 saturated carbocycles. The molecule has 0 aromatic rings. The van der Waals surface area contributed by atoms with Crippen LogP contribution in [-0.4, -0.2) is 43.8 Å². The zero-order chi connectivity index (χ0) is 24.9. The Balaban J connectivity index is 0. The summed E-state index contributed by atoms with van der Waals surface area (Å²) in [4.78, 5) is 0. The van der Waals surface area contributed by atoms with Crippen LogP contribution in [0.25, 0.3) is 0 Å². The second-order valence-electron chi connectivity index (χ2n) is 9.32. The van der Waals surface area contributed by atoms with Gasteiger partial charge in [-0.3, -0.25) is 0 Å². The first-order valence-electron chi connectivity index (χ1n) is 12.9. The Bertz CT molecular complexity index is 501. The number of aliphatic hydroxyl groups is 4. The number of aliphatic hydroxyl groups excluding tert-OH is 2. The number of hydrogen-bond donors (Lipinski definition) is 4. The highest BCUT2D eigenvalue weighted by Crippen LogP contribution is 2.14. The molecule has 4 atom stereocenters. The topological polar surface area (TPSA) is 80.9 Å². The average Bonchev–Trinajstić information content (AvgIpc) is 2.72. The summed E-state index contributed by atoms with van der Waals surface area (Å²) < 4.78 is 0. The lowest BCUT2D eigenvalue weighted by molar-refractivity contribution is 0.0993. The van der Waals surface area contributed by atoms with Gasteiger partial charge in [0, 0.05) is 0 Å². The van der Waals surface area contributed by atoms with Gasteiger partial charge in [-0.1, -0.05) is 103 Å². The molecule has 0 aliphatic carbocycles. The summed E-state index contributed by atoms with van der Waals surface area (Å²) in [6, 6.07) is 0. The molecule has 0 saturated heterocycles. The molecule has 4 heteroatoms.